The zero-order valence-corrected chi connectivity index (χ0v) is 22.5. The summed E-state index contributed by atoms with van der Waals surface area (Å²) >= 11 is 0. The lowest BCUT2D eigenvalue weighted by Crippen LogP contribution is -2.31. The minimum absolute atomic E-state index is 0.0394. The maximum Gasteiger partial charge on any atom is 0.295 e. The van der Waals surface area contributed by atoms with Gasteiger partial charge in [-0.25, -0.2) is 9.97 Å². The van der Waals surface area contributed by atoms with E-state index in [1.54, 1.807) is 17.4 Å². The molecular formula is C30H33N5O4. The molecule has 9 nitrogen and oxygen atoms in total. The van der Waals surface area contributed by atoms with Crippen LogP contribution in [0.15, 0.2) is 66.9 Å². The van der Waals surface area contributed by atoms with Crippen LogP contribution < -0.4 is 4.74 Å². The first-order chi connectivity index (χ1) is 18.9. The van der Waals surface area contributed by atoms with Crippen LogP contribution in [0.1, 0.15) is 54.7 Å². The number of carbonyl (C=O) groups excluding carboxylic acids is 2. The van der Waals surface area contributed by atoms with Gasteiger partial charge in [-0.05, 0) is 56.0 Å². The number of ketones is 1. The number of aromatic nitrogens is 4. The molecule has 1 aromatic carbocycles. The molecule has 0 aliphatic carbocycles. The van der Waals surface area contributed by atoms with Crippen molar-refractivity contribution in [1.29, 1.82) is 0 Å². The Morgan fingerprint density at radius 3 is 2.67 bits per heavy atom. The lowest BCUT2D eigenvalue weighted by molar-refractivity contribution is -0.139. The molecule has 4 aromatic rings. The van der Waals surface area contributed by atoms with Gasteiger partial charge in [-0.15, -0.1) is 0 Å². The quantitative estimate of drug-likeness (QED) is 0.137. The van der Waals surface area contributed by atoms with E-state index in [-0.39, 0.29) is 11.3 Å². The second kappa shape index (κ2) is 11.1. The van der Waals surface area contributed by atoms with Crippen molar-refractivity contribution in [3.05, 3.63) is 89.4 Å². The summed E-state index contributed by atoms with van der Waals surface area (Å²) in [6.07, 6.45) is 9.69. The van der Waals surface area contributed by atoms with Gasteiger partial charge < -0.3 is 23.7 Å². The average Bonchev–Trinajstić information content (AvgIpc) is 3.63. The summed E-state index contributed by atoms with van der Waals surface area (Å²) in [4.78, 5) is 37.2. The highest BCUT2D eigenvalue weighted by atomic mass is 16.5. The molecule has 1 saturated heterocycles. The summed E-state index contributed by atoms with van der Waals surface area (Å²) in [6.45, 7) is 7.42. The second-order valence-corrected chi connectivity index (χ2v) is 9.85. The van der Waals surface area contributed by atoms with Crippen LogP contribution >= 0.6 is 0 Å². The molecule has 9 heteroatoms. The molecule has 1 unspecified atom stereocenters. The molecule has 1 fully saturated rings. The van der Waals surface area contributed by atoms with Gasteiger partial charge in [-0.1, -0.05) is 31.5 Å². The van der Waals surface area contributed by atoms with Gasteiger partial charge in [0.15, 0.2) is 5.76 Å². The largest absolute Gasteiger partial charge is 0.505 e. The van der Waals surface area contributed by atoms with Gasteiger partial charge in [0, 0.05) is 31.7 Å². The molecule has 1 N–H and O–H groups in total. The maximum atomic E-state index is 13.5. The standard InChI is InChI=1S/C30H33N5O4/c1-4-5-17-39-23-11-6-10-22(18-23)26-24(27(36)25-21(3)34-14-7-9-20(2)29(34)32-25)28(37)30(38)35(26)15-8-13-33-16-12-31-19-33/h6-7,9-12,14,16,18-19,26,36H,4-5,8,13,15,17H2,1-3H3/b27-24+. The molecule has 1 amide bonds. The first kappa shape index (κ1) is 26.2. The number of ether oxygens (including phenoxy) is 1. The van der Waals surface area contributed by atoms with Crippen LogP contribution in [0.5, 0.6) is 5.75 Å². The first-order valence-electron chi connectivity index (χ1n) is 13.3. The van der Waals surface area contributed by atoms with Crippen LogP contribution in [-0.4, -0.2) is 53.8 Å². The fourth-order valence-corrected chi connectivity index (χ4v) is 5.08. The van der Waals surface area contributed by atoms with Gasteiger partial charge in [-0.2, -0.15) is 0 Å². The van der Waals surface area contributed by atoms with E-state index >= 15 is 0 Å². The van der Waals surface area contributed by atoms with E-state index in [1.807, 2.05) is 71.6 Å². The van der Waals surface area contributed by atoms with Gasteiger partial charge in [0.25, 0.3) is 11.7 Å². The van der Waals surface area contributed by atoms with Crippen molar-refractivity contribution < 1.29 is 19.4 Å². The fourth-order valence-electron chi connectivity index (χ4n) is 5.08. The number of carbonyl (C=O) groups is 2. The van der Waals surface area contributed by atoms with Crippen molar-refractivity contribution in [1.82, 2.24) is 23.8 Å². The number of benzene rings is 1. The summed E-state index contributed by atoms with van der Waals surface area (Å²) in [6, 6.07) is 10.5. The number of nitrogens with zero attached hydrogens (tertiary/aromatic N) is 5. The Bertz CT molecular complexity index is 1540. The summed E-state index contributed by atoms with van der Waals surface area (Å²) in [7, 11) is 0. The van der Waals surface area contributed by atoms with Crippen LogP contribution in [0, 0.1) is 13.8 Å². The minimum atomic E-state index is -0.771. The number of hydrogen-bond acceptors (Lipinski definition) is 6. The van der Waals surface area contributed by atoms with Crippen molar-refractivity contribution in [2.75, 3.05) is 13.2 Å². The average molecular weight is 528 g/mol. The Hall–Kier alpha value is -4.40. The van der Waals surface area contributed by atoms with E-state index in [0.29, 0.717) is 54.5 Å². The topological polar surface area (TPSA) is 102 Å². The molecule has 0 bridgehead atoms. The zero-order valence-electron chi connectivity index (χ0n) is 22.5. The number of aryl methyl sites for hydroxylation is 3. The van der Waals surface area contributed by atoms with Crippen LogP contribution in [0.25, 0.3) is 11.4 Å². The third-order valence-corrected chi connectivity index (χ3v) is 7.16. The molecule has 1 aliphatic heterocycles. The van der Waals surface area contributed by atoms with Crippen molar-refractivity contribution in [2.24, 2.45) is 0 Å². The number of unbranched alkanes of at least 4 members (excludes halogenated alkanes) is 1. The number of rotatable bonds is 10. The highest BCUT2D eigenvalue weighted by Gasteiger charge is 2.46. The molecule has 3 aromatic heterocycles. The Labute approximate surface area is 227 Å². The SMILES string of the molecule is CCCCOc1cccc(C2/C(=C(\O)c3nc4c(C)cccn4c3C)C(=O)C(=O)N2CCCn2ccnc2)c1. The lowest BCUT2D eigenvalue weighted by atomic mass is 9.96. The van der Waals surface area contributed by atoms with E-state index in [2.05, 4.69) is 16.9 Å². The third-order valence-electron chi connectivity index (χ3n) is 7.16. The fraction of sp³-hybridized carbons (Fsp3) is 0.333. The smallest absolute Gasteiger partial charge is 0.295 e. The number of hydrogen-bond donors (Lipinski definition) is 1. The van der Waals surface area contributed by atoms with E-state index in [4.69, 9.17) is 4.74 Å². The van der Waals surface area contributed by atoms with Crippen molar-refractivity contribution >= 4 is 23.1 Å². The predicted octanol–water partition coefficient (Wildman–Crippen LogP) is 4.84. The number of Topliss-reactive ketones (excluding diaryl/α,β-unsaturated/α-hetero) is 1. The Kier molecular flexibility index (Phi) is 7.49. The van der Waals surface area contributed by atoms with Crippen LogP contribution in [0.4, 0.5) is 0 Å². The molecule has 5 rings (SSSR count). The van der Waals surface area contributed by atoms with E-state index in [1.165, 1.54) is 0 Å². The number of aliphatic hydroxyl groups is 1. The number of pyridine rings is 1. The number of fused-ring (bicyclic) bond motifs is 1. The van der Waals surface area contributed by atoms with E-state index in [9.17, 15) is 14.7 Å². The summed E-state index contributed by atoms with van der Waals surface area (Å²) in [5, 5.41) is 11.6. The highest BCUT2D eigenvalue weighted by Crippen LogP contribution is 2.40. The molecule has 0 saturated carbocycles. The molecule has 0 spiro atoms. The number of aliphatic hydroxyl groups excluding tert-OH is 1. The van der Waals surface area contributed by atoms with E-state index < -0.39 is 17.7 Å². The molecule has 4 heterocycles. The predicted molar refractivity (Wildman–Crippen MR) is 147 cm³/mol. The number of amides is 1. The van der Waals surface area contributed by atoms with Crippen molar-refractivity contribution in [3.63, 3.8) is 0 Å². The monoisotopic (exact) mass is 527 g/mol. The van der Waals surface area contributed by atoms with Crippen LogP contribution in [0.2, 0.25) is 0 Å². The van der Waals surface area contributed by atoms with Crippen molar-refractivity contribution in [3.8, 4) is 5.75 Å². The van der Waals surface area contributed by atoms with Crippen molar-refractivity contribution in [2.45, 2.75) is 52.6 Å². The maximum absolute atomic E-state index is 13.5. The molecule has 1 aliphatic rings. The summed E-state index contributed by atoms with van der Waals surface area (Å²) in [5.74, 6) is -0.967. The summed E-state index contributed by atoms with van der Waals surface area (Å²) in [5.41, 5.74) is 3.35. The first-order valence-corrected chi connectivity index (χ1v) is 13.3. The molecular weight excluding hydrogens is 494 g/mol. The highest BCUT2D eigenvalue weighted by molar-refractivity contribution is 6.46. The van der Waals surface area contributed by atoms with Gasteiger partial charge in [0.1, 0.15) is 17.1 Å². The minimum Gasteiger partial charge on any atom is -0.505 e. The lowest BCUT2D eigenvalue weighted by Gasteiger charge is -2.25. The molecule has 39 heavy (non-hydrogen) atoms. The van der Waals surface area contributed by atoms with Crippen LogP contribution in [0.3, 0.4) is 0 Å². The number of imidazole rings is 2. The second-order valence-electron chi connectivity index (χ2n) is 9.85. The Balaban J connectivity index is 1.58. The van der Waals surface area contributed by atoms with Gasteiger partial charge in [-0.3, -0.25) is 9.59 Å². The molecule has 202 valence electrons. The molecule has 0 radical (unpaired) electrons. The Morgan fingerprint density at radius 1 is 1.08 bits per heavy atom. The van der Waals surface area contributed by atoms with Gasteiger partial charge in [0.05, 0.1) is 30.2 Å². The van der Waals surface area contributed by atoms with E-state index in [0.717, 1.165) is 18.4 Å². The zero-order chi connectivity index (χ0) is 27.5. The van der Waals surface area contributed by atoms with Gasteiger partial charge in [0.2, 0.25) is 0 Å². The summed E-state index contributed by atoms with van der Waals surface area (Å²) < 4.78 is 9.73. The third kappa shape index (κ3) is 5.04. The van der Waals surface area contributed by atoms with Gasteiger partial charge >= 0.3 is 0 Å². The molecule has 1 atom stereocenters. The normalized spacial score (nSPS) is 16.9. The number of likely N-dealkylation sites (tertiary alicyclic amines) is 1. The Morgan fingerprint density at radius 2 is 1.92 bits per heavy atom. The van der Waals surface area contributed by atoms with Crippen LogP contribution in [-0.2, 0) is 16.1 Å².